The molecular weight excluding hydrogens is 328 g/mol. The van der Waals surface area contributed by atoms with Crippen molar-refractivity contribution in [3.63, 3.8) is 0 Å². The molecule has 0 N–H and O–H groups in total. The highest BCUT2D eigenvalue weighted by atomic mass is 16.5. The molecule has 5 heteroatoms. The molecule has 0 heterocycles. The molecule has 2 rings (SSSR count). The molecule has 1 atom stereocenters. The maximum absolute atomic E-state index is 13.1. The molecule has 5 nitrogen and oxygen atoms in total. The highest BCUT2D eigenvalue weighted by Gasteiger charge is 2.26. The maximum atomic E-state index is 13.1. The number of methoxy groups -OCH3 is 2. The maximum Gasteiger partial charge on any atom is 0.244 e. The summed E-state index contributed by atoms with van der Waals surface area (Å²) in [7, 11) is 8.89. The van der Waals surface area contributed by atoms with Gasteiger partial charge in [-0.2, -0.15) is 0 Å². The zero-order valence-corrected chi connectivity index (χ0v) is 16.4. The molecule has 2 aromatic rings. The highest BCUT2D eigenvalue weighted by Crippen LogP contribution is 2.28. The summed E-state index contributed by atoms with van der Waals surface area (Å²) in [6.45, 7) is 2.53. The van der Waals surface area contributed by atoms with E-state index in [-0.39, 0.29) is 11.9 Å². The Morgan fingerprint density at radius 3 is 2.27 bits per heavy atom. The lowest BCUT2D eigenvalue weighted by atomic mass is 10.0. The summed E-state index contributed by atoms with van der Waals surface area (Å²) >= 11 is 0. The molecule has 140 valence electrons. The average Bonchev–Trinajstić information content (AvgIpc) is 2.61. The van der Waals surface area contributed by atoms with Crippen LogP contribution in [0, 0.1) is 6.92 Å². The second-order valence-corrected chi connectivity index (χ2v) is 6.66. The summed E-state index contributed by atoms with van der Waals surface area (Å²) in [6.07, 6.45) is 0. The summed E-state index contributed by atoms with van der Waals surface area (Å²) in [6, 6.07) is 13.5. The van der Waals surface area contributed by atoms with Gasteiger partial charge in [0.1, 0.15) is 6.04 Å². The molecule has 0 fully saturated rings. The lowest BCUT2D eigenvalue weighted by Gasteiger charge is -2.29. The Morgan fingerprint density at radius 1 is 1.00 bits per heavy atom. The Balaban J connectivity index is 2.21. The van der Waals surface area contributed by atoms with Crippen molar-refractivity contribution in [1.82, 2.24) is 9.80 Å². The lowest BCUT2D eigenvalue weighted by Crippen LogP contribution is -2.38. The number of benzene rings is 2. The second-order valence-electron chi connectivity index (χ2n) is 6.66. The van der Waals surface area contributed by atoms with E-state index < -0.39 is 0 Å². The molecule has 0 aliphatic carbocycles. The van der Waals surface area contributed by atoms with Crippen molar-refractivity contribution < 1.29 is 14.3 Å². The Bertz CT molecular complexity index is 759. The Labute approximate surface area is 156 Å². The number of hydrogen-bond acceptors (Lipinski definition) is 4. The minimum Gasteiger partial charge on any atom is -0.493 e. The van der Waals surface area contributed by atoms with E-state index in [0.717, 1.165) is 16.7 Å². The molecule has 0 aromatic heterocycles. The first-order valence-electron chi connectivity index (χ1n) is 8.56. The van der Waals surface area contributed by atoms with Crippen LogP contribution in [0.4, 0.5) is 0 Å². The zero-order chi connectivity index (χ0) is 19.3. The van der Waals surface area contributed by atoms with Crippen LogP contribution in [0.5, 0.6) is 11.5 Å². The van der Waals surface area contributed by atoms with Gasteiger partial charge in [-0.1, -0.05) is 35.9 Å². The molecule has 1 unspecified atom stereocenters. The van der Waals surface area contributed by atoms with Gasteiger partial charge < -0.3 is 14.4 Å². The standard InChI is InChI=1S/C21H28N2O3/c1-15-8-7-9-17(12-15)20(22(2)3)21(24)23(4)14-16-10-11-18(25-5)19(13-16)26-6/h7-13,20H,14H2,1-6H3. The largest absolute Gasteiger partial charge is 0.493 e. The van der Waals surface area contributed by atoms with Gasteiger partial charge >= 0.3 is 0 Å². The predicted molar refractivity (Wildman–Crippen MR) is 104 cm³/mol. The summed E-state index contributed by atoms with van der Waals surface area (Å²) in [4.78, 5) is 16.8. The fourth-order valence-corrected chi connectivity index (χ4v) is 3.04. The minimum atomic E-state index is -0.319. The average molecular weight is 356 g/mol. The summed E-state index contributed by atoms with van der Waals surface area (Å²) in [5.41, 5.74) is 3.13. The third-order valence-electron chi connectivity index (χ3n) is 4.35. The van der Waals surface area contributed by atoms with Crippen LogP contribution < -0.4 is 9.47 Å². The van der Waals surface area contributed by atoms with E-state index in [0.29, 0.717) is 18.0 Å². The van der Waals surface area contributed by atoms with Crippen LogP contribution in [0.15, 0.2) is 42.5 Å². The van der Waals surface area contributed by atoms with E-state index in [9.17, 15) is 4.79 Å². The third kappa shape index (κ3) is 4.55. The molecule has 2 aromatic carbocycles. The number of likely N-dealkylation sites (N-methyl/N-ethyl adjacent to an activating group) is 2. The summed E-state index contributed by atoms with van der Waals surface area (Å²) < 4.78 is 10.6. The van der Waals surface area contributed by atoms with E-state index >= 15 is 0 Å². The number of nitrogens with zero attached hydrogens (tertiary/aromatic N) is 2. The molecule has 0 saturated carbocycles. The topological polar surface area (TPSA) is 42.0 Å². The number of carbonyl (C=O) groups excluding carboxylic acids is 1. The monoisotopic (exact) mass is 356 g/mol. The normalized spacial score (nSPS) is 12.0. The number of amides is 1. The van der Waals surface area contributed by atoms with Crippen molar-refractivity contribution in [3.05, 3.63) is 59.2 Å². The van der Waals surface area contributed by atoms with Crippen LogP contribution >= 0.6 is 0 Å². The van der Waals surface area contributed by atoms with Crippen LogP contribution in [0.1, 0.15) is 22.7 Å². The van der Waals surface area contributed by atoms with E-state index in [1.165, 1.54) is 0 Å². The number of ether oxygens (including phenoxy) is 2. The molecule has 0 radical (unpaired) electrons. The van der Waals surface area contributed by atoms with Crippen molar-refractivity contribution >= 4 is 5.91 Å². The SMILES string of the molecule is COc1ccc(CN(C)C(=O)C(c2cccc(C)c2)N(C)C)cc1OC. The number of aryl methyl sites for hydroxylation is 1. The van der Waals surface area contributed by atoms with Crippen molar-refractivity contribution in [3.8, 4) is 11.5 Å². The third-order valence-corrected chi connectivity index (χ3v) is 4.35. The Morgan fingerprint density at radius 2 is 1.69 bits per heavy atom. The van der Waals surface area contributed by atoms with Gasteiger partial charge in [-0.25, -0.2) is 0 Å². The number of hydrogen-bond donors (Lipinski definition) is 0. The first-order valence-corrected chi connectivity index (χ1v) is 8.56. The van der Waals surface area contributed by atoms with Gasteiger partial charge in [-0.3, -0.25) is 9.69 Å². The van der Waals surface area contributed by atoms with Gasteiger partial charge in [-0.05, 0) is 44.3 Å². The fraction of sp³-hybridized carbons (Fsp3) is 0.381. The van der Waals surface area contributed by atoms with E-state index in [1.807, 2.05) is 69.4 Å². The molecular formula is C21H28N2O3. The summed E-state index contributed by atoms with van der Waals surface area (Å²) in [5.74, 6) is 1.39. The van der Waals surface area contributed by atoms with Crippen molar-refractivity contribution in [2.45, 2.75) is 19.5 Å². The molecule has 0 bridgehead atoms. The predicted octanol–water partition coefficient (Wildman–Crippen LogP) is 3.27. The van der Waals surface area contributed by atoms with Gasteiger partial charge in [0.25, 0.3) is 0 Å². The zero-order valence-electron chi connectivity index (χ0n) is 16.4. The Kier molecular flexibility index (Phi) is 6.64. The molecule has 26 heavy (non-hydrogen) atoms. The minimum absolute atomic E-state index is 0.0513. The first kappa shape index (κ1) is 19.8. The molecule has 0 saturated heterocycles. The van der Waals surface area contributed by atoms with Gasteiger partial charge in [0.15, 0.2) is 11.5 Å². The smallest absolute Gasteiger partial charge is 0.244 e. The first-order chi connectivity index (χ1) is 12.4. The van der Waals surface area contributed by atoms with Gasteiger partial charge in [0.05, 0.1) is 14.2 Å². The summed E-state index contributed by atoms with van der Waals surface area (Å²) in [5, 5.41) is 0. The van der Waals surface area contributed by atoms with Crippen LogP contribution in [0.25, 0.3) is 0 Å². The molecule has 1 amide bonds. The van der Waals surface area contributed by atoms with Crippen LogP contribution in [0.3, 0.4) is 0 Å². The quantitative estimate of drug-likeness (QED) is 0.764. The lowest BCUT2D eigenvalue weighted by molar-refractivity contribution is -0.135. The van der Waals surface area contributed by atoms with Crippen molar-refractivity contribution in [1.29, 1.82) is 0 Å². The molecule has 0 aliphatic rings. The number of carbonyl (C=O) groups is 1. The van der Waals surface area contributed by atoms with E-state index in [1.54, 1.807) is 19.1 Å². The van der Waals surface area contributed by atoms with Crippen LogP contribution in [-0.4, -0.2) is 51.1 Å². The van der Waals surface area contributed by atoms with Gasteiger partial charge in [0.2, 0.25) is 5.91 Å². The van der Waals surface area contributed by atoms with E-state index in [2.05, 4.69) is 6.07 Å². The van der Waals surface area contributed by atoms with Crippen molar-refractivity contribution in [2.24, 2.45) is 0 Å². The van der Waals surface area contributed by atoms with Crippen LogP contribution in [-0.2, 0) is 11.3 Å². The van der Waals surface area contributed by atoms with E-state index in [4.69, 9.17) is 9.47 Å². The Hall–Kier alpha value is -2.53. The molecule has 0 spiro atoms. The fourth-order valence-electron chi connectivity index (χ4n) is 3.04. The highest BCUT2D eigenvalue weighted by molar-refractivity contribution is 5.83. The number of rotatable bonds is 7. The molecule has 0 aliphatic heterocycles. The van der Waals surface area contributed by atoms with Gasteiger partial charge in [-0.15, -0.1) is 0 Å². The van der Waals surface area contributed by atoms with Crippen molar-refractivity contribution in [2.75, 3.05) is 35.4 Å². The van der Waals surface area contributed by atoms with Gasteiger partial charge in [0, 0.05) is 13.6 Å². The second kappa shape index (κ2) is 8.72. The van der Waals surface area contributed by atoms with Crippen LogP contribution in [0.2, 0.25) is 0 Å².